The molecule has 0 aliphatic carbocycles. The topological polar surface area (TPSA) is 24.7 Å². The fourth-order valence-electron chi connectivity index (χ4n) is 7.97. The van der Waals surface area contributed by atoms with Crippen LogP contribution in [0.1, 0.15) is 192 Å². The molecule has 0 fully saturated rings. The summed E-state index contributed by atoms with van der Waals surface area (Å²) in [7, 11) is 0. The average molecular weight is 935 g/mol. The molecule has 4 heteroatoms. The number of halogens is 1. The van der Waals surface area contributed by atoms with Gasteiger partial charge in [-0.3, -0.25) is 9.98 Å². The van der Waals surface area contributed by atoms with Gasteiger partial charge in [-0.2, -0.15) is 6.42 Å². The van der Waals surface area contributed by atoms with Gasteiger partial charge in [0.15, 0.2) is 0 Å². The van der Waals surface area contributed by atoms with E-state index in [2.05, 4.69) is 161 Å². The van der Waals surface area contributed by atoms with E-state index in [1.807, 2.05) is 6.21 Å². The normalized spacial score (nSPS) is 11.3. The first-order valence-electron chi connectivity index (χ1n) is 24.4. The molecule has 0 aliphatic heterocycles. The van der Waals surface area contributed by atoms with Gasteiger partial charge in [-0.05, 0) is 121 Å². The van der Waals surface area contributed by atoms with Crippen LogP contribution < -0.4 is 0 Å². The van der Waals surface area contributed by atoms with E-state index in [1.54, 1.807) is 5.56 Å². The molecule has 0 radical (unpaired) electrons. The molecule has 4 aromatic rings. The van der Waals surface area contributed by atoms with E-state index in [0.717, 1.165) is 49.2 Å². The fraction of sp³-hybridized carbons (Fsp3) is 0.526. The molecule has 0 atom stereocenters. The Morgan fingerprint density at radius 2 is 0.951 bits per heavy atom. The quantitative estimate of drug-likeness (QED) is 0.0235. The van der Waals surface area contributed by atoms with Crippen LogP contribution in [0.15, 0.2) is 94.9 Å². The third-order valence-electron chi connectivity index (χ3n) is 11.7. The van der Waals surface area contributed by atoms with Crippen LogP contribution in [0.2, 0.25) is 0 Å². The van der Waals surface area contributed by atoms with Gasteiger partial charge in [0.05, 0.1) is 17.1 Å². The maximum absolute atomic E-state index is 5.35. The van der Waals surface area contributed by atoms with Crippen molar-refractivity contribution in [2.45, 2.75) is 196 Å². The van der Waals surface area contributed by atoms with Crippen LogP contribution in [0, 0.1) is 13.8 Å². The van der Waals surface area contributed by atoms with Gasteiger partial charge in [0.2, 0.25) is 0 Å². The second-order valence-corrected chi connectivity index (χ2v) is 16.8. The van der Waals surface area contributed by atoms with Crippen LogP contribution in [0.4, 0.5) is 11.4 Å². The molecule has 0 aliphatic rings. The third-order valence-corrected chi connectivity index (χ3v) is 11.7. The molecule has 0 unspecified atom stereocenters. The summed E-state index contributed by atoms with van der Waals surface area (Å²) in [5.41, 5.74) is 14.2. The summed E-state index contributed by atoms with van der Waals surface area (Å²) in [5, 5.41) is 0. The predicted octanol–water partition coefficient (Wildman–Crippen LogP) is 19.4. The minimum atomic E-state index is 0.832. The summed E-state index contributed by atoms with van der Waals surface area (Å²) < 4.78 is 0. The van der Waals surface area contributed by atoms with E-state index < -0.39 is 0 Å². The average Bonchev–Trinajstić information content (AvgIpc) is 3.30. The second-order valence-electron chi connectivity index (χ2n) is 16.8. The van der Waals surface area contributed by atoms with Crippen molar-refractivity contribution in [2.75, 3.05) is 0 Å². The van der Waals surface area contributed by atoms with Crippen molar-refractivity contribution in [3.63, 3.8) is 0 Å². The van der Waals surface area contributed by atoms with Crippen molar-refractivity contribution in [3.8, 4) is 22.3 Å². The Morgan fingerprint density at radius 1 is 0.525 bits per heavy atom. The fourth-order valence-corrected chi connectivity index (χ4v) is 7.97. The monoisotopic (exact) mass is 933 g/mol. The Labute approximate surface area is 390 Å². The Balaban J connectivity index is 0.00000201. The van der Waals surface area contributed by atoms with Crippen molar-refractivity contribution < 1.29 is 13.7 Å². The summed E-state index contributed by atoms with van der Waals surface area (Å²) in [6.07, 6.45) is 32.2. The SMILES string of the molecule is CCCCCCCCc1cc(N=CC(CC)=Nc2cc(CCCCCCCC)c(CCCCCCCC)c(-c3ccccc3)c2)cc(-c2ccccc2)c1C.[CH2-]CCC.[Ni][Br]. The summed E-state index contributed by atoms with van der Waals surface area (Å²) in [4.78, 5) is 10.5. The Hall–Kier alpha value is -2.81. The summed E-state index contributed by atoms with van der Waals surface area (Å²) in [5.74, 6) is 0. The van der Waals surface area contributed by atoms with E-state index in [-0.39, 0.29) is 0 Å². The Morgan fingerprint density at radius 3 is 1.44 bits per heavy atom. The minimum absolute atomic E-state index is 0.832. The molecular formula is C57H83BrN2Ni-. The molecule has 0 heterocycles. The Bertz CT molecular complexity index is 1740. The van der Waals surface area contributed by atoms with Crippen LogP contribution in [0.3, 0.4) is 0 Å². The van der Waals surface area contributed by atoms with Crippen molar-refractivity contribution in [3.05, 3.63) is 114 Å². The van der Waals surface area contributed by atoms with Gasteiger partial charge < -0.3 is 6.92 Å². The standard InChI is InChI=1S/C53H74N2.C4H9.BrH.Ni/c1-6-10-13-16-19-24-35-46-38-49(40-52(43(46)5)44-31-26-22-27-32-44)54-42-48(9-4)55-50-39-47(36-25-20-17-14-11-7-2)51(37-30-21-18-15-12-8-3)53(41-50)45-33-28-23-29-34-45;1-3-4-2;;/h22-23,26-29,31-34,38-42H,6-21,24-25,30,35-37H2,1-5H3;1,3-4H2,2H3;1H;/q;-1;;+1/p-1. The van der Waals surface area contributed by atoms with Crippen molar-refractivity contribution >= 4 is 37.5 Å². The zero-order valence-electron chi connectivity index (χ0n) is 39.4. The number of nitrogens with zero attached hydrogens (tertiary/aromatic N) is 2. The summed E-state index contributed by atoms with van der Waals surface area (Å²) in [6, 6.07) is 31.3. The van der Waals surface area contributed by atoms with E-state index in [0.29, 0.717) is 0 Å². The third kappa shape index (κ3) is 21.9. The van der Waals surface area contributed by atoms with Crippen LogP contribution in [0.5, 0.6) is 0 Å². The number of aryl methyl sites for hydroxylation is 2. The van der Waals surface area contributed by atoms with Crippen LogP contribution in [0.25, 0.3) is 22.3 Å². The van der Waals surface area contributed by atoms with E-state index in [1.165, 1.54) is 161 Å². The number of aliphatic imine (C=N–C) groups is 2. The number of benzene rings is 4. The predicted molar refractivity (Wildman–Crippen MR) is 274 cm³/mol. The molecule has 4 aromatic carbocycles. The number of hydrogen-bond acceptors (Lipinski definition) is 2. The van der Waals surface area contributed by atoms with Crippen LogP contribution in [-0.4, -0.2) is 11.9 Å². The van der Waals surface area contributed by atoms with Crippen LogP contribution >= 0.6 is 14.2 Å². The molecule has 61 heavy (non-hydrogen) atoms. The summed E-state index contributed by atoms with van der Waals surface area (Å²) >= 11 is 6.25. The van der Waals surface area contributed by atoms with Crippen molar-refractivity contribution in [2.24, 2.45) is 9.98 Å². The van der Waals surface area contributed by atoms with Gasteiger partial charge in [0.1, 0.15) is 0 Å². The molecule has 0 N–H and O–H groups in total. The molecule has 0 aromatic heterocycles. The number of rotatable bonds is 28. The molecule has 0 bridgehead atoms. The second kappa shape index (κ2) is 35.6. The summed E-state index contributed by atoms with van der Waals surface area (Å²) in [6.45, 7) is 17.1. The van der Waals surface area contributed by atoms with E-state index >= 15 is 0 Å². The first-order valence-corrected chi connectivity index (χ1v) is 26.9. The van der Waals surface area contributed by atoms with Gasteiger partial charge in [0, 0.05) is 6.21 Å². The van der Waals surface area contributed by atoms with Gasteiger partial charge in [0.25, 0.3) is 0 Å². The molecule has 2 nitrogen and oxygen atoms in total. The number of hydrogen-bond donors (Lipinski definition) is 0. The van der Waals surface area contributed by atoms with Gasteiger partial charge in [-0.25, -0.2) is 0 Å². The van der Waals surface area contributed by atoms with Crippen molar-refractivity contribution in [1.29, 1.82) is 0 Å². The first-order chi connectivity index (χ1) is 30.0. The maximum atomic E-state index is 5.35. The molecule has 0 amide bonds. The zero-order valence-corrected chi connectivity index (χ0v) is 42.0. The van der Waals surface area contributed by atoms with E-state index in [4.69, 9.17) is 9.98 Å². The molecule has 339 valence electrons. The number of unbranched alkanes of at least 4 members (excludes halogenated alkanes) is 16. The Kier molecular flexibility index (Phi) is 31.7. The zero-order chi connectivity index (χ0) is 44.3. The first kappa shape index (κ1) is 54.3. The van der Waals surface area contributed by atoms with Gasteiger partial charge >= 0.3 is 27.9 Å². The molecular weight excluding hydrogens is 851 g/mol. The molecule has 0 saturated heterocycles. The van der Waals surface area contributed by atoms with E-state index in [9.17, 15) is 0 Å². The van der Waals surface area contributed by atoms with Crippen LogP contribution in [-0.2, 0) is 33.0 Å². The van der Waals surface area contributed by atoms with Crippen molar-refractivity contribution in [1.82, 2.24) is 0 Å². The molecule has 4 rings (SSSR count). The van der Waals surface area contributed by atoms with Gasteiger partial charge in [-0.1, -0.05) is 198 Å². The molecule has 0 spiro atoms. The van der Waals surface area contributed by atoms with Gasteiger partial charge in [-0.15, -0.1) is 0 Å². The molecule has 0 saturated carbocycles.